The summed E-state index contributed by atoms with van der Waals surface area (Å²) in [5.74, 6) is -2.04. The van der Waals surface area contributed by atoms with Crippen LogP contribution < -0.4 is 5.73 Å². The Labute approximate surface area is 196 Å². The Morgan fingerprint density at radius 3 is 2.44 bits per heavy atom. The predicted octanol–water partition coefficient (Wildman–Crippen LogP) is 1.75. The third kappa shape index (κ3) is 8.58. The molecule has 0 aliphatic carbocycles. The van der Waals surface area contributed by atoms with Gasteiger partial charge in [-0.15, -0.1) is 5.10 Å². The summed E-state index contributed by atoms with van der Waals surface area (Å²) in [4.78, 5) is 37.2. The molecule has 0 spiro atoms. The average Bonchev–Trinajstić information content (AvgIpc) is 3.22. The fraction of sp³-hybridized carbons (Fsp3) is 0.762. The number of carbonyl (C=O) groups excluding carboxylic acids is 2. The smallest absolute Gasteiger partial charge is 0.475 e. The van der Waals surface area contributed by atoms with Gasteiger partial charge in [-0.2, -0.15) is 13.2 Å². The Morgan fingerprint density at radius 1 is 1.21 bits per heavy atom. The fourth-order valence-electron chi connectivity index (χ4n) is 3.87. The molecule has 1 atom stereocenters. The van der Waals surface area contributed by atoms with Crippen molar-refractivity contribution in [2.24, 2.45) is 11.7 Å². The van der Waals surface area contributed by atoms with Crippen molar-refractivity contribution in [2.45, 2.75) is 70.6 Å². The van der Waals surface area contributed by atoms with Gasteiger partial charge in [0.15, 0.2) is 0 Å². The molecule has 2 amide bonds. The zero-order valence-electron chi connectivity index (χ0n) is 19.6. The maximum atomic E-state index is 12.6. The summed E-state index contributed by atoms with van der Waals surface area (Å²) in [7, 11) is 0. The molecule has 10 nitrogen and oxygen atoms in total. The summed E-state index contributed by atoms with van der Waals surface area (Å²) in [5.41, 5.74) is 6.35. The average molecular weight is 491 g/mol. The van der Waals surface area contributed by atoms with E-state index in [1.54, 1.807) is 0 Å². The maximum Gasteiger partial charge on any atom is 0.490 e. The van der Waals surface area contributed by atoms with Gasteiger partial charge in [-0.1, -0.05) is 5.21 Å². The van der Waals surface area contributed by atoms with Crippen LogP contribution in [0.3, 0.4) is 0 Å². The van der Waals surface area contributed by atoms with Crippen molar-refractivity contribution >= 4 is 17.8 Å². The lowest BCUT2D eigenvalue weighted by Gasteiger charge is -2.33. The van der Waals surface area contributed by atoms with Crippen LogP contribution in [0.25, 0.3) is 0 Å². The Kier molecular flexibility index (Phi) is 9.42. The second kappa shape index (κ2) is 11.6. The van der Waals surface area contributed by atoms with Gasteiger partial charge < -0.3 is 20.6 Å². The first-order chi connectivity index (χ1) is 15.8. The van der Waals surface area contributed by atoms with E-state index in [9.17, 15) is 22.8 Å². The minimum atomic E-state index is -5.08. The highest BCUT2D eigenvalue weighted by atomic mass is 19.4. The third-order valence-corrected chi connectivity index (χ3v) is 5.78. The number of nitrogens with two attached hydrogens (primary N) is 1. The second-order valence-corrected chi connectivity index (χ2v) is 9.29. The molecule has 0 aromatic carbocycles. The number of nitrogens with zero attached hydrogens (tertiary/aromatic N) is 5. The van der Waals surface area contributed by atoms with Gasteiger partial charge in [-0.05, 0) is 45.4 Å². The number of carboxylic acids is 1. The molecule has 34 heavy (non-hydrogen) atoms. The first kappa shape index (κ1) is 27.5. The van der Waals surface area contributed by atoms with Crippen molar-refractivity contribution in [3.63, 3.8) is 0 Å². The van der Waals surface area contributed by atoms with Crippen LogP contribution in [0.1, 0.15) is 58.1 Å². The number of piperidine rings is 2. The Hall–Kier alpha value is -2.70. The van der Waals surface area contributed by atoms with Crippen molar-refractivity contribution in [1.29, 1.82) is 0 Å². The molecule has 2 aliphatic rings. The van der Waals surface area contributed by atoms with E-state index in [1.165, 1.54) is 0 Å². The van der Waals surface area contributed by atoms with E-state index < -0.39 is 17.7 Å². The van der Waals surface area contributed by atoms with E-state index in [2.05, 4.69) is 10.3 Å². The van der Waals surface area contributed by atoms with Gasteiger partial charge in [0.1, 0.15) is 5.69 Å². The van der Waals surface area contributed by atoms with Crippen LogP contribution in [0.4, 0.5) is 13.2 Å². The maximum absolute atomic E-state index is 12.6. The number of aliphatic carboxylic acids is 1. The molecule has 2 saturated heterocycles. The molecule has 192 valence electrons. The van der Waals surface area contributed by atoms with Crippen LogP contribution in [-0.4, -0.2) is 80.0 Å². The molecule has 0 radical (unpaired) electrons. The van der Waals surface area contributed by atoms with E-state index in [0.717, 1.165) is 57.6 Å². The Balaban J connectivity index is 0.000000509. The first-order valence-corrected chi connectivity index (χ1v) is 11.3. The number of rotatable bonds is 6. The van der Waals surface area contributed by atoms with Crippen LogP contribution in [-0.2, 0) is 26.5 Å². The van der Waals surface area contributed by atoms with E-state index in [0.29, 0.717) is 25.3 Å². The monoisotopic (exact) mass is 490 g/mol. The fourth-order valence-corrected chi connectivity index (χ4v) is 3.87. The molecule has 0 saturated carbocycles. The number of alkyl halides is 3. The van der Waals surface area contributed by atoms with Gasteiger partial charge in [-0.3, -0.25) is 14.3 Å². The van der Waals surface area contributed by atoms with Crippen LogP contribution in [0.2, 0.25) is 0 Å². The standard InChI is InChI=1S/C19H32N6O2.C2HF3O2/c1-19(2,20)16-14-25(22-21-16)13-15-6-5-10-24(12-15)18(27)8-11-23-9-4-3-7-17(23)26;3-2(4,5)1(6)7/h14-15H,3-13,20H2,1-2H3;(H,6,7). The Morgan fingerprint density at radius 2 is 1.88 bits per heavy atom. The molecule has 1 unspecified atom stereocenters. The largest absolute Gasteiger partial charge is 0.490 e. The number of amides is 2. The summed E-state index contributed by atoms with van der Waals surface area (Å²) in [5, 5.41) is 15.5. The quantitative estimate of drug-likeness (QED) is 0.620. The van der Waals surface area contributed by atoms with Crippen LogP contribution in [0.5, 0.6) is 0 Å². The molecule has 3 N–H and O–H groups in total. The van der Waals surface area contributed by atoms with Gasteiger partial charge >= 0.3 is 12.1 Å². The Bertz CT molecular complexity index is 852. The summed E-state index contributed by atoms with van der Waals surface area (Å²) >= 11 is 0. The zero-order chi connectivity index (χ0) is 25.5. The molecule has 1 aromatic heterocycles. The number of hydrogen-bond donors (Lipinski definition) is 2. The van der Waals surface area contributed by atoms with E-state index in [1.807, 2.05) is 34.5 Å². The van der Waals surface area contributed by atoms with Gasteiger partial charge in [0.25, 0.3) is 0 Å². The van der Waals surface area contributed by atoms with E-state index >= 15 is 0 Å². The second-order valence-electron chi connectivity index (χ2n) is 9.29. The topological polar surface area (TPSA) is 135 Å². The first-order valence-electron chi connectivity index (χ1n) is 11.3. The number of hydrogen-bond acceptors (Lipinski definition) is 6. The highest BCUT2D eigenvalue weighted by Gasteiger charge is 2.38. The van der Waals surface area contributed by atoms with Crippen molar-refractivity contribution in [1.82, 2.24) is 24.8 Å². The molecule has 13 heteroatoms. The predicted molar refractivity (Wildman–Crippen MR) is 115 cm³/mol. The van der Waals surface area contributed by atoms with Crippen molar-refractivity contribution in [3.05, 3.63) is 11.9 Å². The molecule has 3 heterocycles. The molecular formula is C21H33F3N6O4. The normalized spacial score (nSPS) is 19.5. The summed E-state index contributed by atoms with van der Waals surface area (Å²) in [6.07, 6.45) is 1.97. The minimum absolute atomic E-state index is 0.153. The SMILES string of the molecule is CC(C)(N)c1cn(CC2CCCN(C(=O)CCN3CCCCC3=O)C2)nn1.O=C(O)C(F)(F)F. The minimum Gasteiger partial charge on any atom is -0.475 e. The van der Waals surface area contributed by atoms with Gasteiger partial charge in [-0.25, -0.2) is 4.79 Å². The number of aromatic nitrogens is 3. The van der Waals surface area contributed by atoms with Gasteiger partial charge in [0.05, 0.1) is 11.7 Å². The van der Waals surface area contributed by atoms with Crippen LogP contribution in [0.15, 0.2) is 6.20 Å². The number of carbonyl (C=O) groups is 3. The van der Waals surface area contributed by atoms with Crippen molar-refractivity contribution in [2.75, 3.05) is 26.2 Å². The van der Waals surface area contributed by atoms with Crippen LogP contribution in [0, 0.1) is 5.92 Å². The van der Waals surface area contributed by atoms with Crippen molar-refractivity contribution in [3.8, 4) is 0 Å². The van der Waals surface area contributed by atoms with Crippen LogP contribution >= 0.6 is 0 Å². The highest BCUT2D eigenvalue weighted by molar-refractivity contribution is 5.79. The highest BCUT2D eigenvalue weighted by Crippen LogP contribution is 2.20. The lowest BCUT2D eigenvalue weighted by Crippen LogP contribution is -2.43. The van der Waals surface area contributed by atoms with Gasteiger partial charge in [0.2, 0.25) is 11.8 Å². The zero-order valence-corrected chi connectivity index (χ0v) is 19.6. The summed E-state index contributed by atoms with van der Waals surface area (Å²) in [6.45, 7) is 7.47. The summed E-state index contributed by atoms with van der Waals surface area (Å²) < 4.78 is 33.6. The molecular weight excluding hydrogens is 457 g/mol. The number of carboxylic acid groups (broad SMARTS) is 1. The lowest BCUT2D eigenvalue weighted by molar-refractivity contribution is -0.192. The molecule has 3 rings (SSSR count). The lowest BCUT2D eigenvalue weighted by atomic mass is 9.97. The molecule has 2 aliphatic heterocycles. The molecule has 2 fully saturated rings. The number of likely N-dealkylation sites (tertiary alicyclic amines) is 2. The van der Waals surface area contributed by atoms with Crippen molar-refractivity contribution < 1.29 is 32.7 Å². The molecule has 1 aromatic rings. The summed E-state index contributed by atoms with van der Waals surface area (Å²) in [6, 6.07) is 0. The third-order valence-electron chi connectivity index (χ3n) is 5.78. The van der Waals surface area contributed by atoms with E-state index in [-0.39, 0.29) is 11.8 Å². The molecule has 0 bridgehead atoms. The van der Waals surface area contributed by atoms with E-state index in [4.69, 9.17) is 15.6 Å². The number of halogens is 3. The van der Waals surface area contributed by atoms with Gasteiger partial charge in [0, 0.05) is 45.6 Å².